The SMILES string of the molecule is CCN(CCO)c1ccc(Nc2ncc3ncnc(Nc4ccc(F)c(Cl)c4)c3n2)cc1. The van der Waals surface area contributed by atoms with Crippen molar-refractivity contribution >= 4 is 51.5 Å². The second-order valence-corrected chi connectivity index (χ2v) is 7.29. The van der Waals surface area contributed by atoms with Crippen molar-refractivity contribution in [3.8, 4) is 0 Å². The number of hydrogen-bond donors (Lipinski definition) is 3. The Morgan fingerprint density at radius 2 is 1.81 bits per heavy atom. The van der Waals surface area contributed by atoms with Crippen LogP contribution >= 0.6 is 11.6 Å². The smallest absolute Gasteiger partial charge is 0.227 e. The molecule has 10 heteroatoms. The molecule has 0 radical (unpaired) electrons. The number of fused-ring (bicyclic) bond motifs is 1. The first-order chi connectivity index (χ1) is 15.6. The molecule has 2 heterocycles. The van der Waals surface area contributed by atoms with Crippen LogP contribution in [0.3, 0.4) is 0 Å². The zero-order valence-corrected chi connectivity index (χ0v) is 18.0. The third-order valence-corrected chi connectivity index (χ3v) is 5.09. The average molecular weight is 454 g/mol. The van der Waals surface area contributed by atoms with Crippen LogP contribution in [0.1, 0.15) is 6.92 Å². The Morgan fingerprint density at radius 1 is 1.03 bits per heavy atom. The van der Waals surface area contributed by atoms with Crippen LogP contribution in [0.15, 0.2) is 55.0 Å². The number of rotatable bonds is 8. The number of nitrogens with zero attached hydrogens (tertiary/aromatic N) is 5. The van der Waals surface area contributed by atoms with Crippen molar-refractivity contribution in [1.29, 1.82) is 0 Å². The summed E-state index contributed by atoms with van der Waals surface area (Å²) in [6.07, 6.45) is 3.00. The quantitative estimate of drug-likeness (QED) is 0.358. The first kappa shape index (κ1) is 21.7. The predicted octanol–water partition coefficient (Wildman–Crippen LogP) is 4.52. The molecule has 2 aromatic carbocycles. The van der Waals surface area contributed by atoms with E-state index in [4.69, 9.17) is 11.6 Å². The van der Waals surface area contributed by atoms with Gasteiger partial charge in [0.1, 0.15) is 23.2 Å². The molecular formula is C22H21ClFN7O. The molecule has 0 aliphatic carbocycles. The van der Waals surface area contributed by atoms with Crippen LogP contribution in [0.4, 0.5) is 33.2 Å². The van der Waals surface area contributed by atoms with Gasteiger partial charge in [0.15, 0.2) is 5.82 Å². The van der Waals surface area contributed by atoms with Crippen LogP contribution < -0.4 is 15.5 Å². The molecule has 4 rings (SSSR count). The molecule has 0 aliphatic rings. The number of hydrogen-bond acceptors (Lipinski definition) is 8. The van der Waals surface area contributed by atoms with Gasteiger partial charge in [-0.2, -0.15) is 0 Å². The molecule has 2 aromatic heterocycles. The van der Waals surface area contributed by atoms with Gasteiger partial charge in [-0.25, -0.2) is 24.3 Å². The Hall–Kier alpha value is -3.56. The summed E-state index contributed by atoms with van der Waals surface area (Å²) < 4.78 is 13.5. The Kier molecular flexibility index (Phi) is 6.58. The highest BCUT2D eigenvalue weighted by Crippen LogP contribution is 2.26. The molecule has 4 aromatic rings. The number of anilines is 5. The zero-order valence-electron chi connectivity index (χ0n) is 17.3. The van der Waals surface area contributed by atoms with Gasteiger partial charge >= 0.3 is 0 Å². The Balaban J connectivity index is 1.57. The summed E-state index contributed by atoms with van der Waals surface area (Å²) in [6.45, 7) is 3.52. The van der Waals surface area contributed by atoms with Crippen LogP contribution in [0, 0.1) is 5.82 Å². The monoisotopic (exact) mass is 453 g/mol. The highest BCUT2D eigenvalue weighted by Gasteiger charge is 2.10. The first-order valence-electron chi connectivity index (χ1n) is 10.00. The lowest BCUT2D eigenvalue weighted by Gasteiger charge is -2.22. The van der Waals surface area contributed by atoms with Gasteiger partial charge in [0.05, 0.1) is 17.8 Å². The van der Waals surface area contributed by atoms with E-state index in [9.17, 15) is 9.50 Å². The fraction of sp³-hybridized carbons (Fsp3) is 0.182. The summed E-state index contributed by atoms with van der Waals surface area (Å²) >= 11 is 5.87. The van der Waals surface area contributed by atoms with E-state index in [-0.39, 0.29) is 11.6 Å². The molecule has 0 amide bonds. The molecule has 0 saturated carbocycles. The lowest BCUT2D eigenvalue weighted by Crippen LogP contribution is -2.25. The highest BCUT2D eigenvalue weighted by atomic mass is 35.5. The van der Waals surface area contributed by atoms with Crippen molar-refractivity contribution in [1.82, 2.24) is 19.9 Å². The van der Waals surface area contributed by atoms with Crippen molar-refractivity contribution in [3.05, 3.63) is 65.8 Å². The zero-order chi connectivity index (χ0) is 22.5. The number of nitrogens with one attached hydrogen (secondary N) is 2. The van der Waals surface area contributed by atoms with Crippen LogP contribution in [-0.4, -0.2) is 44.7 Å². The minimum absolute atomic E-state index is 0.00872. The van der Waals surface area contributed by atoms with E-state index < -0.39 is 5.82 Å². The molecule has 0 unspecified atom stereocenters. The van der Waals surface area contributed by atoms with Crippen LogP contribution in [0.5, 0.6) is 0 Å². The highest BCUT2D eigenvalue weighted by molar-refractivity contribution is 6.31. The molecule has 0 bridgehead atoms. The maximum atomic E-state index is 13.5. The standard InChI is InChI=1S/C22H21ClFN7O/c1-2-31(9-10-32)16-6-3-14(4-7-16)29-22-25-12-19-20(30-22)21(27-13-26-19)28-15-5-8-18(24)17(23)11-15/h3-8,11-13,32H,2,9-10H2,1H3,(H,25,29,30)(H,26,27,28). The lowest BCUT2D eigenvalue weighted by molar-refractivity contribution is 0.302. The molecule has 8 nitrogen and oxygen atoms in total. The van der Waals surface area contributed by atoms with E-state index in [1.165, 1.54) is 18.5 Å². The van der Waals surface area contributed by atoms with Gasteiger partial charge < -0.3 is 20.6 Å². The summed E-state index contributed by atoms with van der Waals surface area (Å²) in [6, 6.07) is 12.1. The molecule has 0 fully saturated rings. The number of aliphatic hydroxyl groups is 1. The molecule has 3 N–H and O–H groups in total. The van der Waals surface area contributed by atoms with E-state index in [2.05, 4.69) is 35.5 Å². The minimum Gasteiger partial charge on any atom is -0.395 e. The van der Waals surface area contributed by atoms with Gasteiger partial charge in [0, 0.05) is 30.2 Å². The van der Waals surface area contributed by atoms with Gasteiger partial charge in [0.2, 0.25) is 5.95 Å². The molecule has 32 heavy (non-hydrogen) atoms. The Morgan fingerprint density at radius 3 is 2.53 bits per heavy atom. The average Bonchev–Trinajstić information content (AvgIpc) is 2.81. The third-order valence-electron chi connectivity index (χ3n) is 4.80. The van der Waals surface area contributed by atoms with Gasteiger partial charge in [-0.3, -0.25) is 0 Å². The summed E-state index contributed by atoms with van der Waals surface area (Å²) in [5.74, 6) is 0.326. The molecule has 0 atom stereocenters. The van der Waals surface area contributed by atoms with E-state index >= 15 is 0 Å². The van der Waals surface area contributed by atoms with Gasteiger partial charge in [-0.15, -0.1) is 0 Å². The van der Waals surface area contributed by atoms with E-state index in [1.807, 2.05) is 31.2 Å². The van der Waals surface area contributed by atoms with Crippen molar-refractivity contribution in [2.45, 2.75) is 6.92 Å². The van der Waals surface area contributed by atoms with Crippen molar-refractivity contribution in [2.75, 3.05) is 35.2 Å². The fourth-order valence-electron chi connectivity index (χ4n) is 3.19. The lowest BCUT2D eigenvalue weighted by atomic mass is 10.2. The van der Waals surface area contributed by atoms with E-state index in [0.717, 1.165) is 17.9 Å². The molecule has 0 saturated heterocycles. The van der Waals surface area contributed by atoms with E-state index in [0.29, 0.717) is 35.0 Å². The number of halogens is 2. The minimum atomic E-state index is -0.497. The molecule has 164 valence electrons. The summed E-state index contributed by atoms with van der Waals surface area (Å²) in [4.78, 5) is 19.4. The fourth-order valence-corrected chi connectivity index (χ4v) is 3.37. The summed E-state index contributed by atoms with van der Waals surface area (Å²) in [5, 5.41) is 15.5. The largest absolute Gasteiger partial charge is 0.395 e. The van der Waals surface area contributed by atoms with E-state index in [1.54, 1.807) is 12.3 Å². The van der Waals surface area contributed by atoms with Crippen molar-refractivity contribution in [3.63, 3.8) is 0 Å². The van der Waals surface area contributed by atoms with Gasteiger partial charge in [0.25, 0.3) is 0 Å². The second-order valence-electron chi connectivity index (χ2n) is 6.88. The first-order valence-corrected chi connectivity index (χ1v) is 10.4. The normalized spacial score (nSPS) is 10.9. The predicted molar refractivity (Wildman–Crippen MR) is 125 cm³/mol. The maximum absolute atomic E-state index is 13.5. The number of benzene rings is 2. The van der Waals surface area contributed by atoms with Crippen LogP contribution in [0.2, 0.25) is 5.02 Å². The van der Waals surface area contributed by atoms with Gasteiger partial charge in [-0.1, -0.05) is 11.6 Å². The van der Waals surface area contributed by atoms with Crippen molar-refractivity contribution < 1.29 is 9.50 Å². The molecular weight excluding hydrogens is 433 g/mol. The molecule has 0 spiro atoms. The number of likely N-dealkylation sites (N-methyl/N-ethyl adjacent to an activating group) is 1. The topological polar surface area (TPSA) is 99.1 Å². The number of aliphatic hydroxyl groups excluding tert-OH is 1. The summed E-state index contributed by atoms with van der Waals surface area (Å²) in [5.41, 5.74) is 3.46. The van der Waals surface area contributed by atoms with Crippen LogP contribution in [-0.2, 0) is 0 Å². The molecule has 0 aliphatic heterocycles. The third kappa shape index (κ3) is 4.84. The van der Waals surface area contributed by atoms with Crippen molar-refractivity contribution in [2.24, 2.45) is 0 Å². The second kappa shape index (κ2) is 9.71. The van der Waals surface area contributed by atoms with Crippen LogP contribution in [0.25, 0.3) is 11.0 Å². The Bertz CT molecular complexity index is 1220. The Labute approximate surface area is 189 Å². The van der Waals surface area contributed by atoms with Gasteiger partial charge in [-0.05, 0) is 49.4 Å². The number of aromatic nitrogens is 4. The summed E-state index contributed by atoms with van der Waals surface area (Å²) in [7, 11) is 0. The maximum Gasteiger partial charge on any atom is 0.227 e.